The van der Waals surface area contributed by atoms with E-state index in [0.717, 1.165) is 43.9 Å². The number of nitrogens with one attached hydrogen (secondary N) is 1. The summed E-state index contributed by atoms with van der Waals surface area (Å²) in [4.78, 5) is 15.7. The first-order chi connectivity index (χ1) is 14.7. The van der Waals surface area contributed by atoms with Gasteiger partial charge in [-0.2, -0.15) is 18.3 Å². The first-order valence-electron chi connectivity index (χ1n) is 9.89. The largest absolute Gasteiger partial charge is 0.433 e. The number of rotatable bonds is 4. The van der Waals surface area contributed by atoms with Gasteiger partial charge in [-0.15, -0.1) is 0 Å². The molecule has 1 aliphatic carbocycles. The number of carbonyl (C=O) groups is 1. The van der Waals surface area contributed by atoms with Gasteiger partial charge >= 0.3 is 6.18 Å². The van der Waals surface area contributed by atoms with E-state index in [9.17, 15) is 27.5 Å². The van der Waals surface area contributed by atoms with Crippen molar-refractivity contribution in [2.75, 3.05) is 11.9 Å². The smallest absolute Gasteiger partial charge is 0.396 e. The Kier molecular flexibility index (Phi) is 5.65. The molecule has 2 N–H and O–H groups in total. The van der Waals surface area contributed by atoms with E-state index >= 15 is 0 Å². The second kappa shape index (κ2) is 8.26. The van der Waals surface area contributed by atoms with Gasteiger partial charge in [0.15, 0.2) is 0 Å². The molecular formula is C21H20F4N4O2. The van der Waals surface area contributed by atoms with E-state index in [1.165, 1.54) is 12.1 Å². The van der Waals surface area contributed by atoms with Gasteiger partial charge in [0.25, 0.3) is 5.91 Å². The number of aliphatic hydroxyl groups excluding tert-OH is 1. The molecule has 1 fully saturated rings. The van der Waals surface area contributed by atoms with Crippen LogP contribution >= 0.6 is 0 Å². The van der Waals surface area contributed by atoms with Crippen molar-refractivity contribution in [3.63, 3.8) is 0 Å². The highest BCUT2D eigenvalue weighted by atomic mass is 19.4. The molecule has 31 heavy (non-hydrogen) atoms. The fourth-order valence-electron chi connectivity index (χ4n) is 3.85. The van der Waals surface area contributed by atoms with Gasteiger partial charge in [0.2, 0.25) is 0 Å². The molecule has 6 nitrogen and oxygen atoms in total. The number of alkyl halides is 3. The van der Waals surface area contributed by atoms with E-state index in [0.29, 0.717) is 16.8 Å². The van der Waals surface area contributed by atoms with Gasteiger partial charge in [0.1, 0.15) is 17.2 Å². The average molecular weight is 436 g/mol. The van der Waals surface area contributed by atoms with Crippen LogP contribution in [0.4, 0.5) is 23.2 Å². The molecule has 0 aliphatic heterocycles. The molecule has 0 spiro atoms. The Labute approximate surface area is 174 Å². The Morgan fingerprint density at radius 3 is 2.61 bits per heavy atom. The average Bonchev–Trinajstić information content (AvgIpc) is 3.16. The Morgan fingerprint density at radius 2 is 1.94 bits per heavy atom. The lowest BCUT2D eigenvalue weighted by molar-refractivity contribution is -0.141. The fraction of sp³-hybridized carbons (Fsp3) is 0.381. The van der Waals surface area contributed by atoms with Gasteiger partial charge in [-0.05, 0) is 49.8 Å². The number of carbonyl (C=O) groups excluding carboxylic acids is 1. The van der Waals surface area contributed by atoms with Gasteiger partial charge in [-0.25, -0.2) is 9.37 Å². The number of hydrogen-bond acceptors (Lipinski definition) is 4. The van der Waals surface area contributed by atoms with Crippen LogP contribution < -0.4 is 5.32 Å². The molecule has 4 rings (SSSR count). The van der Waals surface area contributed by atoms with Crippen molar-refractivity contribution in [1.29, 1.82) is 0 Å². The molecule has 1 aliphatic rings. The highest BCUT2D eigenvalue weighted by Crippen LogP contribution is 2.33. The molecule has 2 heterocycles. The maximum Gasteiger partial charge on any atom is 0.433 e. The van der Waals surface area contributed by atoms with E-state index < -0.39 is 29.3 Å². The van der Waals surface area contributed by atoms with E-state index in [1.54, 1.807) is 10.9 Å². The van der Waals surface area contributed by atoms with Crippen molar-refractivity contribution in [3.05, 3.63) is 53.7 Å². The Balaban J connectivity index is 1.55. The van der Waals surface area contributed by atoms with Gasteiger partial charge in [0.05, 0.1) is 17.2 Å². The zero-order valence-electron chi connectivity index (χ0n) is 16.4. The van der Waals surface area contributed by atoms with Crippen LogP contribution in [0.15, 0.2) is 36.5 Å². The summed E-state index contributed by atoms with van der Waals surface area (Å²) >= 11 is 0. The van der Waals surface area contributed by atoms with E-state index in [2.05, 4.69) is 15.4 Å². The van der Waals surface area contributed by atoms with Crippen LogP contribution in [0, 0.1) is 11.7 Å². The maximum absolute atomic E-state index is 14.5. The number of aromatic nitrogens is 3. The van der Waals surface area contributed by atoms with Crippen molar-refractivity contribution in [2.24, 2.45) is 5.92 Å². The van der Waals surface area contributed by atoms with Gasteiger partial charge in [0, 0.05) is 24.3 Å². The van der Waals surface area contributed by atoms with Crippen molar-refractivity contribution in [2.45, 2.75) is 37.9 Å². The Bertz CT molecular complexity index is 1100. The third kappa shape index (κ3) is 4.53. The van der Waals surface area contributed by atoms with E-state index in [-0.39, 0.29) is 18.3 Å². The summed E-state index contributed by atoms with van der Waals surface area (Å²) in [5, 5.41) is 16.6. The lowest BCUT2D eigenvalue weighted by Crippen LogP contribution is -2.20. The van der Waals surface area contributed by atoms with Crippen LogP contribution in [-0.2, 0) is 6.18 Å². The second-order valence-electron chi connectivity index (χ2n) is 7.72. The van der Waals surface area contributed by atoms with Gasteiger partial charge in [-0.1, -0.05) is 6.07 Å². The predicted octanol–water partition coefficient (Wildman–Crippen LogP) is 4.57. The SMILES string of the molecule is O=C(Nc1cc2cn(C3CCC(CO)CC3)nc2cc1F)c1cccc(C(F)(F)F)n1. The number of anilines is 1. The van der Waals surface area contributed by atoms with Crippen molar-refractivity contribution in [1.82, 2.24) is 14.8 Å². The zero-order valence-corrected chi connectivity index (χ0v) is 16.4. The number of benzene rings is 1. The number of halogens is 4. The molecule has 10 heteroatoms. The molecule has 0 unspecified atom stereocenters. The number of amides is 1. The van der Waals surface area contributed by atoms with Crippen LogP contribution in [0.5, 0.6) is 0 Å². The van der Waals surface area contributed by atoms with Crippen molar-refractivity contribution >= 4 is 22.5 Å². The summed E-state index contributed by atoms with van der Waals surface area (Å²) in [6.45, 7) is 0.169. The predicted molar refractivity (Wildman–Crippen MR) is 105 cm³/mol. The lowest BCUT2D eigenvalue weighted by Gasteiger charge is -2.27. The summed E-state index contributed by atoms with van der Waals surface area (Å²) in [5.41, 5.74) is -1.42. The molecule has 2 aromatic heterocycles. The minimum atomic E-state index is -4.69. The zero-order chi connectivity index (χ0) is 22.2. The minimum absolute atomic E-state index is 0.144. The topological polar surface area (TPSA) is 80.0 Å². The lowest BCUT2D eigenvalue weighted by atomic mass is 9.87. The quantitative estimate of drug-likeness (QED) is 0.588. The molecular weight excluding hydrogens is 416 g/mol. The molecule has 0 bridgehead atoms. The Morgan fingerprint density at radius 1 is 1.19 bits per heavy atom. The number of aliphatic hydroxyl groups is 1. The maximum atomic E-state index is 14.5. The summed E-state index contributed by atoms with van der Waals surface area (Å²) in [7, 11) is 0. The monoisotopic (exact) mass is 436 g/mol. The number of pyridine rings is 1. The molecule has 0 radical (unpaired) electrons. The summed E-state index contributed by atoms with van der Waals surface area (Å²) in [5.74, 6) is -1.40. The Hall–Kier alpha value is -3.01. The highest BCUT2D eigenvalue weighted by Gasteiger charge is 2.33. The first kappa shape index (κ1) is 21.2. The molecule has 0 atom stereocenters. The van der Waals surface area contributed by atoms with E-state index in [4.69, 9.17) is 0 Å². The second-order valence-corrected chi connectivity index (χ2v) is 7.72. The van der Waals surface area contributed by atoms with Crippen LogP contribution in [0.25, 0.3) is 10.9 Å². The van der Waals surface area contributed by atoms with Gasteiger partial charge in [-0.3, -0.25) is 9.48 Å². The summed E-state index contributed by atoms with van der Waals surface area (Å²) in [6, 6.07) is 5.68. The molecule has 0 saturated heterocycles. The molecule has 164 valence electrons. The summed E-state index contributed by atoms with van der Waals surface area (Å²) in [6.07, 6.45) is 0.551. The number of fused-ring (bicyclic) bond motifs is 1. The fourth-order valence-corrected chi connectivity index (χ4v) is 3.85. The molecule has 1 amide bonds. The standard InChI is InChI=1S/C21H20F4N4O2/c22-15-9-17-13(10-29(28-17)14-6-4-12(11-30)5-7-14)8-18(15)27-20(31)16-2-1-3-19(26-16)21(23,24)25/h1-3,8-10,12,14,30H,4-7,11H2,(H,27,31). The van der Waals surface area contributed by atoms with Crippen LogP contribution in [-0.4, -0.2) is 32.4 Å². The van der Waals surface area contributed by atoms with Crippen LogP contribution in [0.1, 0.15) is 47.9 Å². The molecule has 1 saturated carbocycles. The minimum Gasteiger partial charge on any atom is -0.396 e. The molecule has 3 aromatic rings. The van der Waals surface area contributed by atoms with Crippen molar-refractivity contribution < 1.29 is 27.5 Å². The van der Waals surface area contributed by atoms with Crippen LogP contribution in [0.3, 0.4) is 0 Å². The first-order valence-corrected chi connectivity index (χ1v) is 9.89. The highest BCUT2D eigenvalue weighted by molar-refractivity contribution is 6.03. The number of hydrogen-bond donors (Lipinski definition) is 2. The van der Waals surface area contributed by atoms with Crippen molar-refractivity contribution in [3.8, 4) is 0 Å². The third-order valence-electron chi connectivity index (χ3n) is 5.58. The normalized spacial score (nSPS) is 19.5. The van der Waals surface area contributed by atoms with Gasteiger partial charge < -0.3 is 10.4 Å². The van der Waals surface area contributed by atoms with E-state index in [1.807, 2.05) is 0 Å². The number of nitrogens with zero attached hydrogens (tertiary/aromatic N) is 3. The third-order valence-corrected chi connectivity index (χ3v) is 5.58. The molecule has 1 aromatic carbocycles. The summed E-state index contributed by atoms with van der Waals surface area (Å²) < 4.78 is 54.8. The van der Waals surface area contributed by atoms with Crippen LogP contribution in [0.2, 0.25) is 0 Å².